The van der Waals surface area contributed by atoms with Gasteiger partial charge in [-0.25, -0.2) is 0 Å². The maximum Gasteiger partial charge on any atom is 0.305 e. The number of hydrogen-bond acceptors (Lipinski definition) is 4. The van der Waals surface area contributed by atoms with Gasteiger partial charge in [0.25, 0.3) is 10.1 Å². The van der Waals surface area contributed by atoms with Crippen LogP contribution in [0.5, 0.6) is 0 Å². The summed E-state index contributed by atoms with van der Waals surface area (Å²) in [6, 6.07) is 0. The van der Waals surface area contributed by atoms with Gasteiger partial charge in [-0.05, 0) is 12.8 Å². The predicted octanol–water partition coefficient (Wildman–Crippen LogP) is 0.617. The van der Waals surface area contributed by atoms with Crippen molar-refractivity contribution in [2.24, 2.45) is 0 Å². The van der Waals surface area contributed by atoms with Gasteiger partial charge >= 0.3 is 5.97 Å². The summed E-state index contributed by atoms with van der Waals surface area (Å²) in [5, 5.41) is 0. The van der Waals surface area contributed by atoms with Crippen molar-refractivity contribution in [3.63, 3.8) is 0 Å². The van der Waals surface area contributed by atoms with Crippen molar-refractivity contribution in [3.8, 4) is 0 Å². The quantitative estimate of drug-likeness (QED) is 0.300. The standard InChI is InChI=1S/C8H16O5S.Li/c1-2-3-5-8(9)13-6-4-7-14(10,11)12;/h2-7H2,1H3,(H,10,11,12);. The Hall–Kier alpha value is -0.0226. The molecule has 0 bridgehead atoms. The van der Waals surface area contributed by atoms with E-state index in [1.807, 2.05) is 6.92 Å². The topological polar surface area (TPSA) is 80.7 Å². The molecule has 7 heteroatoms. The second-order valence-corrected chi connectivity index (χ2v) is 4.54. The third kappa shape index (κ3) is 14.0. The third-order valence-electron chi connectivity index (χ3n) is 1.54. The van der Waals surface area contributed by atoms with Crippen molar-refractivity contribution in [1.82, 2.24) is 0 Å². The molecule has 0 aliphatic carbocycles. The Morgan fingerprint density at radius 1 is 1.33 bits per heavy atom. The SMILES string of the molecule is CCCCC(=O)OCCCS(=O)(=O)O.[Li]. The summed E-state index contributed by atoms with van der Waals surface area (Å²) in [7, 11) is -3.93. The fourth-order valence-electron chi connectivity index (χ4n) is 0.821. The molecule has 0 aliphatic rings. The fourth-order valence-corrected chi connectivity index (χ4v) is 1.30. The summed E-state index contributed by atoms with van der Waals surface area (Å²) in [5.41, 5.74) is 0. The van der Waals surface area contributed by atoms with Crippen molar-refractivity contribution in [3.05, 3.63) is 0 Å². The molecule has 5 nitrogen and oxygen atoms in total. The Labute approximate surface area is 102 Å². The van der Waals surface area contributed by atoms with E-state index in [9.17, 15) is 13.2 Å². The van der Waals surface area contributed by atoms with Crippen LogP contribution in [0.2, 0.25) is 0 Å². The molecule has 0 aliphatic heterocycles. The summed E-state index contributed by atoms with van der Waals surface area (Å²) < 4.78 is 33.6. The summed E-state index contributed by atoms with van der Waals surface area (Å²) >= 11 is 0. The van der Waals surface area contributed by atoms with E-state index >= 15 is 0 Å². The minimum Gasteiger partial charge on any atom is -0.466 e. The Morgan fingerprint density at radius 3 is 2.40 bits per heavy atom. The van der Waals surface area contributed by atoms with Crippen molar-refractivity contribution in [2.75, 3.05) is 12.4 Å². The van der Waals surface area contributed by atoms with E-state index in [-0.39, 0.29) is 43.6 Å². The molecule has 85 valence electrons. The molecule has 0 rings (SSSR count). The number of rotatable bonds is 7. The molecule has 0 spiro atoms. The maximum absolute atomic E-state index is 10.9. The van der Waals surface area contributed by atoms with E-state index in [0.717, 1.165) is 12.8 Å². The van der Waals surface area contributed by atoms with Crippen LogP contribution in [0.3, 0.4) is 0 Å². The van der Waals surface area contributed by atoms with Gasteiger partial charge in [0.2, 0.25) is 0 Å². The van der Waals surface area contributed by atoms with Gasteiger partial charge in [0.05, 0.1) is 12.4 Å². The van der Waals surface area contributed by atoms with E-state index in [1.54, 1.807) is 0 Å². The molecule has 0 heterocycles. The van der Waals surface area contributed by atoms with Crippen molar-refractivity contribution in [2.45, 2.75) is 32.6 Å². The predicted molar refractivity (Wildman–Crippen MR) is 57.3 cm³/mol. The molecule has 0 aromatic heterocycles. The Bertz CT molecular complexity index is 262. The van der Waals surface area contributed by atoms with Crippen LogP contribution in [-0.2, 0) is 19.6 Å². The third-order valence-corrected chi connectivity index (χ3v) is 2.35. The van der Waals surface area contributed by atoms with Crippen LogP contribution in [0.4, 0.5) is 0 Å². The first kappa shape index (κ1) is 17.4. The van der Waals surface area contributed by atoms with Gasteiger partial charge < -0.3 is 4.74 Å². The summed E-state index contributed by atoms with van der Waals surface area (Å²) in [4.78, 5) is 10.9. The van der Waals surface area contributed by atoms with Gasteiger partial charge in [-0.3, -0.25) is 9.35 Å². The number of carbonyl (C=O) groups is 1. The van der Waals surface area contributed by atoms with Gasteiger partial charge in [-0.1, -0.05) is 13.3 Å². The van der Waals surface area contributed by atoms with Crippen LogP contribution >= 0.6 is 0 Å². The first-order valence-corrected chi connectivity index (χ1v) is 6.17. The monoisotopic (exact) mass is 231 g/mol. The van der Waals surface area contributed by atoms with Crippen LogP contribution in [0.15, 0.2) is 0 Å². The second-order valence-electron chi connectivity index (χ2n) is 2.96. The zero-order valence-electron chi connectivity index (χ0n) is 9.23. The Kier molecular flexibility index (Phi) is 10.7. The van der Waals surface area contributed by atoms with E-state index in [0.29, 0.717) is 6.42 Å². The number of ether oxygens (including phenoxy) is 1. The van der Waals surface area contributed by atoms with E-state index in [2.05, 4.69) is 0 Å². The van der Waals surface area contributed by atoms with Crippen LogP contribution < -0.4 is 0 Å². The Morgan fingerprint density at radius 2 is 1.93 bits per heavy atom. The smallest absolute Gasteiger partial charge is 0.305 e. The van der Waals surface area contributed by atoms with Gasteiger partial charge in [-0.2, -0.15) is 8.42 Å². The van der Waals surface area contributed by atoms with E-state index < -0.39 is 10.1 Å². The molecule has 0 amide bonds. The Balaban J connectivity index is 0. The van der Waals surface area contributed by atoms with Gasteiger partial charge in [-0.15, -0.1) is 0 Å². The molecule has 0 saturated carbocycles. The minimum atomic E-state index is -3.93. The number of hydrogen-bond donors (Lipinski definition) is 1. The van der Waals surface area contributed by atoms with Crippen LogP contribution in [0.25, 0.3) is 0 Å². The van der Waals surface area contributed by atoms with Gasteiger partial charge in [0.15, 0.2) is 0 Å². The maximum atomic E-state index is 10.9. The number of esters is 1. The average Bonchev–Trinajstić information content (AvgIpc) is 2.07. The molecular formula is C8H16LiO5S. The molecule has 0 fully saturated rings. The normalized spacial score (nSPS) is 10.5. The molecule has 0 aromatic rings. The molecule has 0 atom stereocenters. The van der Waals surface area contributed by atoms with E-state index in [1.165, 1.54) is 0 Å². The van der Waals surface area contributed by atoms with Crippen molar-refractivity contribution >= 4 is 34.9 Å². The summed E-state index contributed by atoms with van der Waals surface area (Å²) in [6.07, 6.45) is 2.19. The van der Waals surface area contributed by atoms with Crippen LogP contribution in [-0.4, -0.2) is 50.2 Å². The largest absolute Gasteiger partial charge is 0.466 e. The van der Waals surface area contributed by atoms with E-state index in [4.69, 9.17) is 9.29 Å². The summed E-state index contributed by atoms with van der Waals surface area (Å²) in [5.74, 6) is -0.684. The molecule has 15 heavy (non-hydrogen) atoms. The fraction of sp³-hybridized carbons (Fsp3) is 0.875. The molecule has 0 unspecified atom stereocenters. The molecule has 1 N–H and O–H groups in total. The zero-order chi connectivity index (χ0) is 11.0. The molecule has 0 aromatic carbocycles. The molecule has 1 radical (unpaired) electrons. The van der Waals surface area contributed by atoms with Gasteiger partial charge in [0.1, 0.15) is 0 Å². The minimum absolute atomic E-state index is 0. The zero-order valence-corrected chi connectivity index (χ0v) is 10.0. The summed E-state index contributed by atoms with van der Waals surface area (Å²) in [6.45, 7) is 2.01. The molecule has 0 saturated heterocycles. The van der Waals surface area contributed by atoms with Crippen LogP contribution in [0.1, 0.15) is 32.6 Å². The van der Waals surface area contributed by atoms with Crippen molar-refractivity contribution < 1.29 is 22.5 Å². The number of unbranched alkanes of at least 4 members (excludes halogenated alkanes) is 1. The first-order valence-electron chi connectivity index (χ1n) is 4.56. The average molecular weight is 231 g/mol. The van der Waals surface area contributed by atoms with Gasteiger partial charge in [0, 0.05) is 25.3 Å². The van der Waals surface area contributed by atoms with Crippen molar-refractivity contribution in [1.29, 1.82) is 0 Å². The second kappa shape index (κ2) is 9.22. The molecular weight excluding hydrogens is 215 g/mol. The number of carbonyl (C=O) groups excluding carboxylic acids is 1. The van der Waals surface area contributed by atoms with Crippen LogP contribution in [0, 0.1) is 0 Å². The first-order chi connectivity index (χ1) is 6.45.